The molecule has 2 N–H and O–H groups in total. The van der Waals surface area contributed by atoms with Gasteiger partial charge in [0.2, 0.25) is 0 Å². The van der Waals surface area contributed by atoms with Crippen molar-refractivity contribution in [3.05, 3.63) is 40.6 Å². The van der Waals surface area contributed by atoms with Crippen LogP contribution in [0.15, 0.2) is 30.5 Å². The first kappa shape index (κ1) is 14.7. The van der Waals surface area contributed by atoms with E-state index in [4.69, 9.17) is 5.11 Å². The van der Waals surface area contributed by atoms with Gasteiger partial charge in [-0.25, -0.2) is 4.98 Å². The Balaban J connectivity index is 2.40. The summed E-state index contributed by atoms with van der Waals surface area (Å²) in [6, 6.07) is 6.33. The number of carbonyl (C=O) groups is 1. The molecular weight excluding hydrogens is 274 g/mol. The van der Waals surface area contributed by atoms with Crippen molar-refractivity contribution in [1.29, 1.82) is 0 Å². The molecule has 0 amide bonds. The van der Waals surface area contributed by atoms with Gasteiger partial charge in [0.05, 0.1) is 10.3 Å². The van der Waals surface area contributed by atoms with E-state index in [9.17, 15) is 14.9 Å². The number of hydrogen-bond acceptors (Lipinski definition) is 5. The van der Waals surface area contributed by atoms with Crippen LogP contribution in [-0.4, -0.2) is 27.5 Å². The van der Waals surface area contributed by atoms with Gasteiger partial charge in [0.25, 0.3) is 5.69 Å². The molecule has 0 unspecified atom stereocenters. The summed E-state index contributed by atoms with van der Waals surface area (Å²) < 4.78 is 0. The number of benzene rings is 1. The number of nitrogens with one attached hydrogen (secondary N) is 1. The van der Waals surface area contributed by atoms with Crippen LogP contribution in [0.4, 0.5) is 11.4 Å². The highest BCUT2D eigenvalue weighted by Crippen LogP contribution is 2.30. The largest absolute Gasteiger partial charge is 0.481 e. The van der Waals surface area contributed by atoms with Gasteiger partial charge >= 0.3 is 5.97 Å². The van der Waals surface area contributed by atoms with Crippen molar-refractivity contribution in [2.24, 2.45) is 5.41 Å². The van der Waals surface area contributed by atoms with Gasteiger partial charge in [-0.1, -0.05) is 0 Å². The average Bonchev–Trinajstić information content (AvgIpc) is 2.44. The number of rotatable bonds is 5. The Bertz CT molecular complexity index is 712. The van der Waals surface area contributed by atoms with Crippen LogP contribution in [0.5, 0.6) is 0 Å². The predicted octanol–water partition coefficient (Wildman–Crippen LogP) is 2.67. The van der Waals surface area contributed by atoms with Crippen molar-refractivity contribution < 1.29 is 14.8 Å². The van der Waals surface area contributed by atoms with Crippen LogP contribution in [0.1, 0.15) is 13.8 Å². The number of nitro groups is 1. The highest BCUT2D eigenvalue weighted by molar-refractivity contribution is 5.97. The number of nitrogens with zero attached hydrogens (tertiary/aromatic N) is 2. The fraction of sp³-hybridized carbons (Fsp3) is 0.286. The summed E-state index contributed by atoms with van der Waals surface area (Å²) in [7, 11) is 0. The van der Waals surface area contributed by atoms with E-state index in [1.165, 1.54) is 12.3 Å². The van der Waals surface area contributed by atoms with Crippen LogP contribution in [0.25, 0.3) is 10.9 Å². The number of carboxylic acid groups (broad SMARTS) is 1. The summed E-state index contributed by atoms with van der Waals surface area (Å²) in [4.78, 5) is 25.7. The van der Waals surface area contributed by atoms with Crippen molar-refractivity contribution in [2.75, 3.05) is 11.9 Å². The molecule has 7 heteroatoms. The van der Waals surface area contributed by atoms with E-state index < -0.39 is 16.3 Å². The second kappa shape index (κ2) is 5.35. The molecule has 0 saturated heterocycles. The second-order valence-corrected chi connectivity index (χ2v) is 5.33. The average molecular weight is 289 g/mol. The molecule has 21 heavy (non-hydrogen) atoms. The Hall–Kier alpha value is -2.70. The molecule has 0 bridgehead atoms. The predicted molar refractivity (Wildman–Crippen MR) is 78.3 cm³/mol. The molecule has 2 rings (SSSR count). The molecule has 0 radical (unpaired) electrons. The fourth-order valence-corrected chi connectivity index (χ4v) is 1.85. The number of aliphatic carboxylic acids is 1. The van der Waals surface area contributed by atoms with E-state index in [1.807, 2.05) is 0 Å². The lowest BCUT2D eigenvalue weighted by Crippen LogP contribution is -2.31. The van der Waals surface area contributed by atoms with Gasteiger partial charge < -0.3 is 10.4 Å². The molecule has 110 valence electrons. The maximum Gasteiger partial charge on any atom is 0.310 e. The van der Waals surface area contributed by atoms with Gasteiger partial charge in [-0.05, 0) is 32.0 Å². The molecule has 0 fully saturated rings. The first-order valence-corrected chi connectivity index (χ1v) is 6.32. The summed E-state index contributed by atoms with van der Waals surface area (Å²) in [6.07, 6.45) is 1.49. The molecule has 0 saturated carbocycles. The standard InChI is InChI=1S/C14H15N3O4/c1-14(2,13(18)19)8-16-10-5-6-11(17(20)21)12-9(10)4-3-7-15-12/h3-7,16H,8H2,1-2H3,(H,18,19). The number of non-ortho nitro benzene ring substituents is 1. The van der Waals surface area contributed by atoms with Gasteiger partial charge in [0.15, 0.2) is 0 Å². The highest BCUT2D eigenvalue weighted by Gasteiger charge is 2.27. The SMILES string of the molecule is CC(C)(CNc1ccc([N+](=O)[O-])c2ncccc12)C(=O)O. The number of nitro benzene ring substituents is 1. The summed E-state index contributed by atoms with van der Waals surface area (Å²) >= 11 is 0. The van der Waals surface area contributed by atoms with E-state index in [-0.39, 0.29) is 17.7 Å². The number of fused-ring (bicyclic) bond motifs is 1. The number of hydrogen-bond donors (Lipinski definition) is 2. The van der Waals surface area contributed by atoms with E-state index in [2.05, 4.69) is 10.3 Å². The third kappa shape index (κ3) is 2.91. The lowest BCUT2D eigenvalue weighted by Gasteiger charge is -2.20. The molecule has 2 aromatic rings. The number of aromatic nitrogens is 1. The smallest absolute Gasteiger partial charge is 0.310 e. The molecule has 0 aliphatic heterocycles. The number of pyridine rings is 1. The molecule has 1 aromatic carbocycles. The molecule has 0 aliphatic rings. The van der Waals surface area contributed by atoms with Gasteiger partial charge in [-0.15, -0.1) is 0 Å². The van der Waals surface area contributed by atoms with Gasteiger partial charge in [0, 0.05) is 29.9 Å². The molecule has 0 aliphatic carbocycles. The minimum atomic E-state index is -0.948. The van der Waals surface area contributed by atoms with E-state index >= 15 is 0 Å². The quantitative estimate of drug-likeness (QED) is 0.647. The van der Waals surface area contributed by atoms with Crippen molar-refractivity contribution in [3.63, 3.8) is 0 Å². The summed E-state index contributed by atoms with van der Waals surface area (Å²) in [5.41, 5.74) is -0.122. The lowest BCUT2D eigenvalue weighted by molar-refractivity contribution is -0.383. The monoisotopic (exact) mass is 289 g/mol. The maximum absolute atomic E-state index is 11.1. The number of anilines is 1. The minimum Gasteiger partial charge on any atom is -0.481 e. The molecular formula is C14H15N3O4. The molecule has 0 atom stereocenters. The van der Waals surface area contributed by atoms with Crippen LogP contribution in [0.2, 0.25) is 0 Å². The van der Waals surface area contributed by atoms with Crippen molar-refractivity contribution in [3.8, 4) is 0 Å². The van der Waals surface area contributed by atoms with Crippen LogP contribution in [0.3, 0.4) is 0 Å². The molecule has 1 heterocycles. The molecule has 1 aromatic heterocycles. The van der Waals surface area contributed by atoms with Gasteiger partial charge in [-0.3, -0.25) is 14.9 Å². The van der Waals surface area contributed by atoms with Crippen molar-refractivity contribution in [1.82, 2.24) is 4.98 Å². The topological polar surface area (TPSA) is 105 Å². The van der Waals surface area contributed by atoms with Crippen molar-refractivity contribution in [2.45, 2.75) is 13.8 Å². The van der Waals surface area contributed by atoms with Gasteiger partial charge in [0.1, 0.15) is 5.52 Å². The molecule has 0 spiro atoms. The minimum absolute atomic E-state index is 0.0753. The van der Waals surface area contributed by atoms with Crippen LogP contribution < -0.4 is 5.32 Å². The van der Waals surface area contributed by atoms with E-state index in [1.54, 1.807) is 32.0 Å². The Labute approximate surface area is 120 Å². The molecule has 7 nitrogen and oxygen atoms in total. The third-order valence-electron chi connectivity index (χ3n) is 3.24. The van der Waals surface area contributed by atoms with Gasteiger partial charge in [-0.2, -0.15) is 0 Å². The Morgan fingerprint density at radius 3 is 2.76 bits per heavy atom. The van der Waals surface area contributed by atoms with E-state index in [0.717, 1.165) is 0 Å². The zero-order valence-electron chi connectivity index (χ0n) is 11.7. The number of carboxylic acids is 1. The zero-order chi connectivity index (χ0) is 15.6. The summed E-state index contributed by atoms with van der Waals surface area (Å²) in [5, 5.41) is 23.7. The maximum atomic E-state index is 11.1. The van der Waals surface area contributed by atoms with Crippen molar-refractivity contribution >= 4 is 28.2 Å². The van der Waals surface area contributed by atoms with Crippen LogP contribution in [0, 0.1) is 15.5 Å². The zero-order valence-corrected chi connectivity index (χ0v) is 11.7. The first-order valence-electron chi connectivity index (χ1n) is 6.32. The first-order chi connectivity index (χ1) is 9.83. The van der Waals surface area contributed by atoms with Crippen LogP contribution in [-0.2, 0) is 4.79 Å². The fourth-order valence-electron chi connectivity index (χ4n) is 1.85. The van der Waals surface area contributed by atoms with E-state index in [0.29, 0.717) is 11.1 Å². The third-order valence-corrected chi connectivity index (χ3v) is 3.24. The highest BCUT2D eigenvalue weighted by atomic mass is 16.6. The van der Waals surface area contributed by atoms with Crippen LogP contribution >= 0.6 is 0 Å². The normalized spacial score (nSPS) is 11.3. The lowest BCUT2D eigenvalue weighted by atomic mass is 9.93. The Morgan fingerprint density at radius 2 is 2.14 bits per heavy atom. The second-order valence-electron chi connectivity index (χ2n) is 5.33. The summed E-state index contributed by atoms with van der Waals surface area (Å²) in [5.74, 6) is -0.917. The Kier molecular flexibility index (Phi) is 3.75. The summed E-state index contributed by atoms with van der Waals surface area (Å²) in [6.45, 7) is 3.41. The Morgan fingerprint density at radius 1 is 1.43 bits per heavy atom.